The van der Waals surface area contributed by atoms with Gasteiger partial charge in [-0.25, -0.2) is 0 Å². The summed E-state index contributed by atoms with van der Waals surface area (Å²) in [5.41, 5.74) is 2.18. The van der Waals surface area contributed by atoms with Crippen LogP contribution in [0.2, 0.25) is 0 Å². The number of hydrogen-bond donors (Lipinski definition) is 2. The lowest BCUT2D eigenvalue weighted by atomic mass is 10.1. The van der Waals surface area contributed by atoms with Gasteiger partial charge in [-0.1, -0.05) is 30.3 Å². The molecule has 29 heavy (non-hydrogen) atoms. The Morgan fingerprint density at radius 1 is 1.00 bits per heavy atom. The lowest BCUT2D eigenvalue weighted by Gasteiger charge is -2.11. The standard InChI is InChI=1S/C22H19N3O2S2/c23-12-4-14-28-19-6-2-1-5-18(19)25-21(26)17-10-8-16(9-11-17)15-24-22(27)20-7-3-13-29-20/h1-3,5-11,13H,4,14-15H2,(H,24,27)(H,25,26). The molecule has 1 heterocycles. The first-order valence-corrected chi connectivity index (χ1v) is 10.8. The summed E-state index contributed by atoms with van der Waals surface area (Å²) >= 11 is 2.94. The monoisotopic (exact) mass is 421 g/mol. The minimum absolute atomic E-state index is 0.104. The van der Waals surface area contributed by atoms with Crippen LogP contribution in [0.3, 0.4) is 0 Å². The van der Waals surface area contributed by atoms with Gasteiger partial charge in [-0.15, -0.1) is 23.1 Å². The third-order valence-corrected chi connectivity index (χ3v) is 5.96. The van der Waals surface area contributed by atoms with Crippen molar-refractivity contribution in [1.82, 2.24) is 5.32 Å². The maximum absolute atomic E-state index is 12.6. The highest BCUT2D eigenvalue weighted by Crippen LogP contribution is 2.27. The average Bonchev–Trinajstić information content (AvgIpc) is 3.29. The fourth-order valence-electron chi connectivity index (χ4n) is 2.55. The molecule has 0 spiro atoms. The Morgan fingerprint density at radius 2 is 1.79 bits per heavy atom. The van der Waals surface area contributed by atoms with E-state index in [-0.39, 0.29) is 11.8 Å². The number of thiophene rings is 1. The van der Waals surface area contributed by atoms with Crippen LogP contribution in [0, 0.1) is 11.3 Å². The molecular formula is C22H19N3O2S2. The molecule has 0 aliphatic carbocycles. The van der Waals surface area contributed by atoms with Crippen LogP contribution in [-0.2, 0) is 6.54 Å². The van der Waals surface area contributed by atoms with Crippen molar-refractivity contribution >= 4 is 40.6 Å². The normalized spacial score (nSPS) is 10.2. The summed E-state index contributed by atoms with van der Waals surface area (Å²) in [4.78, 5) is 26.2. The first-order chi connectivity index (χ1) is 14.2. The Morgan fingerprint density at radius 3 is 2.52 bits per heavy atom. The maximum Gasteiger partial charge on any atom is 0.261 e. The SMILES string of the molecule is N#CCCSc1ccccc1NC(=O)c1ccc(CNC(=O)c2cccs2)cc1. The van der Waals surface area contributed by atoms with Crippen molar-refractivity contribution in [3.05, 3.63) is 82.0 Å². The molecule has 0 unspecified atom stereocenters. The first-order valence-electron chi connectivity index (χ1n) is 8.98. The summed E-state index contributed by atoms with van der Waals surface area (Å²) in [7, 11) is 0. The number of para-hydroxylation sites is 1. The lowest BCUT2D eigenvalue weighted by Crippen LogP contribution is -2.21. The molecule has 0 fully saturated rings. The van der Waals surface area contributed by atoms with Crippen molar-refractivity contribution in [2.75, 3.05) is 11.1 Å². The Bertz CT molecular complexity index is 1010. The number of amides is 2. The van der Waals surface area contributed by atoms with Gasteiger partial charge in [0.1, 0.15) is 0 Å². The maximum atomic E-state index is 12.6. The number of rotatable bonds is 8. The van der Waals surface area contributed by atoms with Crippen molar-refractivity contribution in [2.45, 2.75) is 17.9 Å². The Balaban J connectivity index is 1.58. The van der Waals surface area contributed by atoms with Gasteiger partial charge < -0.3 is 10.6 Å². The van der Waals surface area contributed by atoms with Crippen molar-refractivity contribution in [3.63, 3.8) is 0 Å². The van der Waals surface area contributed by atoms with Gasteiger partial charge in [0, 0.05) is 29.2 Å². The highest BCUT2D eigenvalue weighted by Gasteiger charge is 2.10. The van der Waals surface area contributed by atoms with Crippen LogP contribution in [0.1, 0.15) is 32.0 Å². The summed E-state index contributed by atoms with van der Waals surface area (Å²) in [6, 6.07) is 20.4. The molecule has 0 saturated heterocycles. The zero-order valence-corrected chi connectivity index (χ0v) is 17.2. The van der Waals surface area contributed by atoms with Crippen LogP contribution in [0.5, 0.6) is 0 Å². The number of anilines is 1. The molecule has 0 aliphatic rings. The smallest absolute Gasteiger partial charge is 0.261 e. The van der Waals surface area contributed by atoms with Gasteiger partial charge in [-0.05, 0) is 41.3 Å². The van der Waals surface area contributed by atoms with Crippen molar-refractivity contribution in [2.24, 2.45) is 0 Å². The highest BCUT2D eigenvalue weighted by atomic mass is 32.2. The van der Waals surface area contributed by atoms with E-state index in [2.05, 4.69) is 16.7 Å². The second-order valence-corrected chi connectivity index (χ2v) is 8.15. The number of thioether (sulfide) groups is 1. The van der Waals surface area contributed by atoms with E-state index in [1.807, 2.05) is 47.8 Å². The van der Waals surface area contributed by atoms with E-state index in [0.29, 0.717) is 29.2 Å². The largest absolute Gasteiger partial charge is 0.347 e. The van der Waals surface area contributed by atoms with Crippen LogP contribution in [0.25, 0.3) is 0 Å². The first kappa shape index (κ1) is 20.6. The van der Waals surface area contributed by atoms with Gasteiger partial charge in [0.15, 0.2) is 0 Å². The molecule has 1 aromatic heterocycles. The number of hydrogen-bond acceptors (Lipinski definition) is 5. The van der Waals surface area contributed by atoms with Crippen molar-refractivity contribution in [3.8, 4) is 6.07 Å². The number of benzene rings is 2. The van der Waals surface area contributed by atoms with Gasteiger partial charge in [-0.3, -0.25) is 9.59 Å². The van der Waals surface area contributed by atoms with Crippen LogP contribution >= 0.6 is 23.1 Å². The molecule has 2 amide bonds. The van der Waals surface area contributed by atoms with Crippen LogP contribution in [0.4, 0.5) is 5.69 Å². The second kappa shape index (κ2) is 10.5. The third-order valence-electron chi connectivity index (χ3n) is 4.02. The highest BCUT2D eigenvalue weighted by molar-refractivity contribution is 7.99. The summed E-state index contributed by atoms with van der Waals surface area (Å²) < 4.78 is 0. The minimum Gasteiger partial charge on any atom is -0.347 e. The molecule has 3 aromatic rings. The molecule has 3 rings (SSSR count). The van der Waals surface area contributed by atoms with Crippen LogP contribution in [0.15, 0.2) is 70.9 Å². The number of carbonyl (C=O) groups excluding carboxylic acids is 2. The minimum atomic E-state index is -0.201. The van der Waals surface area contributed by atoms with E-state index in [0.717, 1.165) is 16.1 Å². The van der Waals surface area contributed by atoms with Crippen molar-refractivity contribution in [1.29, 1.82) is 5.26 Å². The van der Waals surface area contributed by atoms with E-state index in [1.54, 1.807) is 30.0 Å². The van der Waals surface area contributed by atoms with Gasteiger partial charge in [0.2, 0.25) is 0 Å². The quantitative estimate of drug-likeness (QED) is 0.399. The number of nitrogens with one attached hydrogen (secondary N) is 2. The van der Waals surface area contributed by atoms with Gasteiger partial charge in [0.25, 0.3) is 11.8 Å². The van der Waals surface area contributed by atoms with Crippen LogP contribution in [-0.4, -0.2) is 17.6 Å². The average molecular weight is 422 g/mol. The number of nitriles is 1. The summed E-state index contributed by atoms with van der Waals surface area (Å²) in [5.74, 6) is 0.370. The Hall–Kier alpha value is -3.08. The molecule has 0 radical (unpaired) electrons. The van der Waals surface area contributed by atoms with E-state index in [9.17, 15) is 9.59 Å². The number of carbonyl (C=O) groups is 2. The molecule has 0 bridgehead atoms. The molecule has 7 heteroatoms. The van der Waals surface area contributed by atoms with E-state index >= 15 is 0 Å². The zero-order valence-electron chi connectivity index (χ0n) is 15.6. The molecule has 2 N–H and O–H groups in total. The topological polar surface area (TPSA) is 82.0 Å². The molecule has 0 saturated carbocycles. The van der Waals surface area contributed by atoms with Crippen molar-refractivity contribution < 1.29 is 9.59 Å². The summed E-state index contributed by atoms with van der Waals surface area (Å²) in [6.45, 7) is 0.400. The second-order valence-electron chi connectivity index (χ2n) is 6.06. The third kappa shape index (κ3) is 5.95. The predicted octanol–water partition coefficient (Wildman–Crippen LogP) is 4.94. The van der Waals surface area contributed by atoms with E-state index < -0.39 is 0 Å². The van der Waals surface area contributed by atoms with E-state index in [4.69, 9.17) is 5.26 Å². The summed E-state index contributed by atoms with van der Waals surface area (Å²) in [5, 5.41) is 16.4. The fourth-order valence-corrected chi connectivity index (χ4v) is 4.05. The lowest BCUT2D eigenvalue weighted by molar-refractivity contribution is 0.0953. The Kier molecular flexibility index (Phi) is 7.45. The fraction of sp³-hybridized carbons (Fsp3) is 0.136. The number of nitrogens with zero attached hydrogens (tertiary/aromatic N) is 1. The predicted molar refractivity (Wildman–Crippen MR) is 117 cm³/mol. The van der Waals surface area contributed by atoms with Gasteiger partial charge >= 0.3 is 0 Å². The zero-order chi connectivity index (χ0) is 20.5. The molecule has 0 atom stereocenters. The summed E-state index contributed by atoms with van der Waals surface area (Å²) in [6.07, 6.45) is 0.456. The van der Waals surface area contributed by atoms with E-state index in [1.165, 1.54) is 11.3 Å². The Labute approximate surface area is 177 Å². The molecule has 0 aliphatic heterocycles. The molecule has 146 valence electrons. The van der Waals surface area contributed by atoms with Gasteiger partial charge in [0.05, 0.1) is 16.6 Å². The van der Waals surface area contributed by atoms with Crippen LogP contribution < -0.4 is 10.6 Å². The molecular weight excluding hydrogens is 402 g/mol. The van der Waals surface area contributed by atoms with Gasteiger partial charge in [-0.2, -0.15) is 5.26 Å². The molecule has 5 nitrogen and oxygen atoms in total. The molecule has 2 aromatic carbocycles.